The summed E-state index contributed by atoms with van der Waals surface area (Å²) < 4.78 is 0. The number of carbonyl (C=O) groups excluding carboxylic acids is 3. The Labute approximate surface area is 116 Å². The van der Waals surface area contributed by atoms with Crippen LogP contribution < -0.4 is 0 Å². The first-order valence-corrected chi connectivity index (χ1v) is 8.21. The van der Waals surface area contributed by atoms with Crippen LogP contribution in [-0.2, 0) is 14.4 Å². The van der Waals surface area contributed by atoms with Gasteiger partial charge in [0.2, 0.25) is 0 Å². The van der Waals surface area contributed by atoms with Crippen molar-refractivity contribution in [3.63, 3.8) is 0 Å². The minimum atomic E-state index is -0.221. The minimum absolute atomic E-state index is 0.164. The van der Waals surface area contributed by atoms with Gasteiger partial charge in [-0.1, -0.05) is 6.92 Å². The number of imide groups is 1. The number of Topliss-reactive ketones (excluding diaryl/α,β-unsaturated/α-hetero) is 1. The highest BCUT2D eigenvalue weighted by molar-refractivity contribution is 8.07. The molecule has 2 amide bonds. The maximum absolute atomic E-state index is 12.0. The van der Waals surface area contributed by atoms with E-state index in [1.54, 1.807) is 12.5 Å². The lowest BCUT2D eigenvalue weighted by Gasteiger charge is -2.14. The molecule has 18 heavy (non-hydrogen) atoms. The van der Waals surface area contributed by atoms with Crippen LogP contribution in [0.1, 0.15) is 26.2 Å². The van der Waals surface area contributed by atoms with Crippen molar-refractivity contribution < 1.29 is 14.4 Å². The predicted octanol–water partition coefficient (Wildman–Crippen LogP) is 2.05. The molecule has 1 rings (SSSR count). The number of amides is 2. The second-order valence-corrected chi connectivity index (χ2v) is 5.46. The lowest BCUT2D eigenvalue weighted by atomic mass is 10.2. The molecule has 100 valence electrons. The van der Waals surface area contributed by atoms with Gasteiger partial charge in [-0.2, -0.15) is 0 Å². The number of hydrogen-bond acceptors (Lipinski definition) is 5. The summed E-state index contributed by atoms with van der Waals surface area (Å²) in [4.78, 5) is 37.5. The molecule has 0 aliphatic carbocycles. The van der Waals surface area contributed by atoms with Crippen molar-refractivity contribution in [3.05, 3.63) is 9.81 Å². The van der Waals surface area contributed by atoms with Crippen LogP contribution in [0, 0.1) is 0 Å². The van der Waals surface area contributed by atoms with Gasteiger partial charge in [-0.25, -0.2) is 0 Å². The quantitative estimate of drug-likeness (QED) is 0.671. The van der Waals surface area contributed by atoms with Gasteiger partial charge in [0.25, 0.3) is 11.8 Å². The third-order valence-corrected chi connectivity index (χ3v) is 4.43. The van der Waals surface area contributed by atoms with Crippen LogP contribution in [0.2, 0.25) is 0 Å². The molecule has 0 unspecified atom stereocenters. The molecule has 0 fully saturated rings. The summed E-state index contributed by atoms with van der Waals surface area (Å²) in [6, 6.07) is 0. The zero-order chi connectivity index (χ0) is 13.7. The van der Waals surface area contributed by atoms with E-state index in [2.05, 4.69) is 0 Å². The molecule has 0 bridgehead atoms. The Morgan fingerprint density at radius 3 is 2.00 bits per heavy atom. The van der Waals surface area contributed by atoms with E-state index in [0.29, 0.717) is 35.6 Å². The van der Waals surface area contributed by atoms with Crippen LogP contribution in [0.25, 0.3) is 0 Å². The van der Waals surface area contributed by atoms with E-state index in [4.69, 9.17) is 0 Å². The number of carbonyl (C=O) groups is 3. The molecular formula is C12H17NO3S2. The van der Waals surface area contributed by atoms with E-state index in [9.17, 15) is 14.4 Å². The molecule has 1 aliphatic heterocycles. The second kappa shape index (κ2) is 6.99. The highest BCUT2D eigenvalue weighted by Crippen LogP contribution is 2.33. The Bertz CT molecular complexity index is 378. The van der Waals surface area contributed by atoms with Gasteiger partial charge in [0, 0.05) is 19.4 Å². The molecule has 0 aromatic heterocycles. The fourth-order valence-electron chi connectivity index (χ4n) is 1.71. The Hall–Kier alpha value is -0.750. The van der Waals surface area contributed by atoms with Crippen molar-refractivity contribution in [1.82, 2.24) is 4.90 Å². The average molecular weight is 287 g/mol. The molecule has 0 atom stereocenters. The Kier molecular flexibility index (Phi) is 5.95. The van der Waals surface area contributed by atoms with Crippen LogP contribution in [0.3, 0.4) is 0 Å². The SMILES string of the molecule is CCC(=O)CCCN1C(=O)C(SC)=C(SC)C1=O. The van der Waals surface area contributed by atoms with Gasteiger partial charge in [0.05, 0.1) is 9.81 Å². The highest BCUT2D eigenvalue weighted by Gasteiger charge is 2.37. The summed E-state index contributed by atoms with van der Waals surface area (Å²) in [5, 5.41) is 0. The van der Waals surface area contributed by atoms with E-state index < -0.39 is 0 Å². The number of hydrogen-bond donors (Lipinski definition) is 0. The average Bonchev–Trinajstić information content (AvgIpc) is 2.61. The van der Waals surface area contributed by atoms with Crippen molar-refractivity contribution in [3.8, 4) is 0 Å². The summed E-state index contributed by atoms with van der Waals surface area (Å²) in [6.07, 6.45) is 5.07. The van der Waals surface area contributed by atoms with Crippen LogP contribution in [-0.4, -0.2) is 41.6 Å². The van der Waals surface area contributed by atoms with Gasteiger partial charge in [-0.3, -0.25) is 19.3 Å². The maximum atomic E-state index is 12.0. The smallest absolute Gasteiger partial charge is 0.268 e. The summed E-state index contributed by atoms with van der Waals surface area (Å²) in [6.45, 7) is 2.14. The number of nitrogens with zero attached hydrogens (tertiary/aromatic N) is 1. The molecule has 0 aromatic carbocycles. The van der Waals surface area contributed by atoms with Crippen molar-refractivity contribution >= 4 is 41.1 Å². The number of ketones is 1. The fourth-order valence-corrected chi connectivity index (χ4v) is 3.32. The van der Waals surface area contributed by atoms with Crippen molar-refractivity contribution in [2.75, 3.05) is 19.1 Å². The molecule has 0 N–H and O–H groups in total. The summed E-state index contributed by atoms with van der Waals surface area (Å²) in [7, 11) is 0. The predicted molar refractivity (Wildman–Crippen MR) is 75.3 cm³/mol. The van der Waals surface area contributed by atoms with E-state index >= 15 is 0 Å². The third-order valence-electron chi connectivity index (χ3n) is 2.72. The minimum Gasteiger partial charge on any atom is -0.300 e. The van der Waals surface area contributed by atoms with E-state index in [0.717, 1.165) is 0 Å². The highest BCUT2D eigenvalue weighted by atomic mass is 32.2. The summed E-state index contributed by atoms with van der Waals surface area (Å²) in [5.74, 6) is -0.279. The van der Waals surface area contributed by atoms with E-state index in [1.807, 2.05) is 6.92 Å². The van der Waals surface area contributed by atoms with Gasteiger partial charge in [-0.05, 0) is 18.9 Å². The maximum Gasteiger partial charge on any atom is 0.268 e. The second-order valence-electron chi connectivity index (χ2n) is 3.82. The van der Waals surface area contributed by atoms with Gasteiger partial charge in [-0.15, -0.1) is 23.5 Å². The number of rotatable bonds is 7. The van der Waals surface area contributed by atoms with Crippen molar-refractivity contribution in [2.24, 2.45) is 0 Å². The Balaban J connectivity index is 2.63. The van der Waals surface area contributed by atoms with E-state index in [-0.39, 0.29) is 17.6 Å². The summed E-state index contributed by atoms with van der Waals surface area (Å²) >= 11 is 2.61. The Morgan fingerprint density at radius 1 is 1.11 bits per heavy atom. The fraction of sp³-hybridized carbons (Fsp3) is 0.583. The van der Waals surface area contributed by atoms with Crippen molar-refractivity contribution in [1.29, 1.82) is 0 Å². The normalized spacial score (nSPS) is 15.8. The van der Waals surface area contributed by atoms with Crippen LogP contribution in [0.5, 0.6) is 0 Å². The molecule has 1 aliphatic rings. The Morgan fingerprint density at radius 2 is 1.61 bits per heavy atom. The van der Waals surface area contributed by atoms with Crippen molar-refractivity contribution in [2.45, 2.75) is 26.2 Å². The first-order valence-electron chi connectivity index (χ1n) is 5.76. The first kappa shape index (κ1) is 15.3. The molecule has 0 aromatic rings. The van der Waals surface area contributed by atoms with Crippen LogP contribution in [0.4, 0.5) is 0 Å². The third kappa shape index (κ3) is 3.17. The van der Waals surface area contributed by atoms with Gasteiger partial charge in [0.1, 0.15) is 5.78 Å². The van der Waals surface area contributed by atoms with Gasteiger partial charge >= 0.3 is 0 Å². The van der Waals surface area contributed by atoms with Crippen LogP contribution in [0.15, 0.2) is 9.81 Å². The van der Waals surface area contributed by atoms with Crippen LogP contribution >= 0.6 is 23.5 Å². The van der Waals surface area contributed by atoms with Gasteiger partial charge in [0.15, 0.2) is 0 Å². The monoisotopic (exact) mass is 287 g/mol. The molecule has 4 nitrogen and oxygen atoms in total. The molecule has 0 saturated heterocycles. The molecule has 0 saturated carbocycles. The summed E-state index contributed by atoms with van der Waals surface area (Å²) in [5.41, 5.74) is 0. The standard InChI is InChI=1S/C12H17NO3S2/c1-4-8(14)6-5-7-13-11(15)9(17-2)10(18-3)12(13)16/h4-7H2,1-3H3. The van der Waals surface area contributed by atoms with Gasteiger partial charge < -0.3 is 0 Å². The zero-order valence-electron chi connectivity index (χ0n) is 10.8. The molecule has 6 heteroatoms. The molecule has 0 radical (unpaired) electrons. The first-order chi connectivity index (χ1) is 8.56. The molecule has 1 heterocycles. The zero-order valence-corrected chi connectivity index (χ0v) is 12.4. The topological polar surface area (TPSA) is 54.5 Å². The lowest BCUT2D eigenvalue weighted by molar-refractivity contribution is -0.137. The van der Waals surface area contributed by atoms with E-state index in [1.165, 1.54) is 28.4 Å². The molecule has 0 spiro atoms. The molecular weight excluding hydrogens is 270 g/mol. The number of thioether (sulfide) groups is 2. The largest absolute Gasteiger partial charge is 0.300 e. The lowest BCUT2D eigenvalue weighted by Crippen LogP contribution is -2.32.